The molecule has 0 aliphatic heterocycles. The Labute approximate surface area is 155 Å². The van der Waals surface area contributed by atoms with Crippen LogP contribution < -0.4 is 10.0 Å². The fourth-order valence-corrected chi connectivity index (χ4v) is 4.14. The average molecular weight is 401 g/mol. The summed E-state index contributed by atoms with van der Waals surface area (Å²) in [6.45, 7) is 6.00. The van der Waals surface area contributed by atoms with Gasteiger partial charge in [-0.3, -0.25) is 14.8 Å². The van der Waals surface area contributed by atoms with Crippen LogP contribution in [0.1, 0.15) is 29.8 Å². The highest BCUT2D eigenvalue weighted by Gasteiger charge is 2.13. The van der Waals surface area contributed by atoms with Crippen LogP contribution in [-0.2, 0) is 10.0 Å². The van der Waals surface area contributed by atoms with Crippen molar-refractivity contribution in [2.75, 3.05) is 22.0 Å². The number of hydrogen-bond acceptors (Lipinski definition) is 7. The molecule has 10 heteroatoms. The second-order valence-electron chi connectivity index (χ2n) is 5.94. The van der Waals surface area contributed by atoms with Crippen molar-refractivity contribution in [1.29, 1.82) is 0 Å². The third-order valence-electron chi connectivity index (χ3n) is 2.96. The van der Waals surface area contributed by atoms with Crippen LogP contribution >= 0.6 is 23.1 Å². The number of hydrogen-bond donors (Lipinski definition) is 2. The number of nitrogens with zero attached hydrogens (tertiary/aromatic N) is 2. The van der Waals surface area contributed by atoms with Crippen LogP contribution in [0, 0.1) is 12.8 Å². The van der Waals surface area contributed by atoms with Gasteiger partial charge in [-0.25, -0.2) is 8.42 Å². The lowest BCUT2D eigenvalue weighted by atomic mass is 10.1. The molecule has 25 heavy (non-hydrogen) atoms. The molecule has 0 unspecified atom stereocenters. The molecule has 7 nitrogen and oxygen atoms in total. The maximum Gasteiger partial charge on any atom is 0.257 e. The van der Waals surface area contributed by atoms with E-state index in [0.717, 1.165) is 21.9 Å². The molecule has 0 saturated heterocycles. The molecule has 0 atom stereocenters. The van der Waals surface area contributed by atoms with Gasteiger partial charge in [-0.2, -0.15) is 0 Å². The van der Waals surface area contributed by atoms with Gasteiger partial charge in [0.1, 0.15) is 0 Å². The Morgan fingerprint density at radius 1 is 1.32 bits per heavy atom. The molecule has 1 aromatic heterocycles. The number of sulfonamides is 1. The van der Waals surface area contributed by atoms with Crippen molar-refractivity contribution >= 4 is 49.8 Å². The van der Waals surface area contributed by atoms with E-state index in [1.54, 1.807) is 30.8 Å². The summed E-state index contributed by atoms with van der Waals surface area (Å²) >= 11 is 2.91. The molecule has 1 amide bonds. The van der Waals surface area contributed by atoms with Crippen molar-refractivity contribution in [3.8, 4) is 0 Å². The first-order valence-corrected chi connectivity index (χ1v) is 11.2. The van der Waals surface area contributed by atoms with E-state index in [1.807, 2.05) is 0 Å². The molecule has 0 aliphatic carbocycles. The van der Waals surface area contributed by atoms with Crippen LogP contribution in [0.15, 0.2) is 22.5 Å². The highest BCUT2D eigenvalue weighted by molar-refractivity contribution is 8.01. The SMILES string of the molecule is Cc1ccc(C(=O)Nc2nnc(SCC(C)C)s2)cc1NS(C)(=O)=O. The highest BCUT2D eigenvalue weighted by atomic mass is 32.2. The van der Waals surface area contributed by atoms with E-state index < -0.39 is 10.0 Å². The summed E-state index contributed by atoms with van der Waals surface area (Å²) < 4.78 is 26.0. The van der Waals surface area contributed by atoms with E-state index in [9.17, 15) is 13.2 Å². The zero-order valence-electron chi connectivity index (χ0n) is 14.4. The van der Waals surface area contributed by atoms with Crippen LogP contribution in [-0.4, -0.2) is 36.5 Å². The van der Waals surface area contributed by atoms with E-state index in [1.165, 1.54) is 17.4 Å². The van der Waals surface area contributed by atoms with Crippen molar-refractivity contribution < 1.29 is 13.2 Å². The Morgan fingerprint density at radius 3 is 2.68 bits per heavy atom. The van der Waals surface area contributed by atoms with Gasteiger partial charge in [0.25, 0.3) is 5.91 Å². The molecular formula is C15H20N4O3S3. The number of anilines is 2. The molecule has 0 saturated carbocycles. The minimum atomic E-state index is -3.42. The summed E-state index contributed by atoms with van der Waals surface area (Å²) in [5.41, 5.74) is 1.44. The smallest absolute Gasteiger partial charge is 0.257 e. The van der Waals surface area contributed by atoms with Crippen molar-refractivity contribution in [2.24, 2.45) is 5.92 Å². The lowest BCUT2D eigenvalue weighted by molar-refractivity contribution is 0.102. The first-order chi connectivity index (χ1) is 11.6. The Balaban J connectivity index is 2.09. The molecule has 0 fully saturated rings. The third kappa shape index (κ3) is 6.29. The van der Waals surface area contributed by atoms with Crippen molar-refractivity contribution in [3.63, 3.8) is 0 Å². The lowest BCUT2D eigenvalue weighted by Gasteiger charge is -2.09. The number of amides is 1. The zero-order valence-corrected chi connectivity index (χ0v) is 16.8. The summed E-state index contributed by atoms with van der Waals surface area (Å²) in [5.74, 6) is 1.11. The number of carbonyl (C=O) groups is 1. The van der Waals surface area contributed by atoms with Gasteiger partial charge in [0.2, 0.25) is 15.2 Å². The van der Waals surface area contributed by atoms with Gasteiger partial charge in [-0.15, -0.1) is 10.2 Å². The van der Waals surface area contributed by atoms with E-state index in [4.69, 9.17) is 0 Å². The molecule has 0 spiro atoms. The summed E-state index contributed by atoms with van der Waals surface area (Å²) in [4.78, 5) is 12.4. The number of aromatic nitrogens is 2. The van der Waals surface area contributed by atoms with E-state index in [2.05, 4.69) is 34.1 Å². The van der Waals surface area contributed by atoms with Crippen LogP contribution in [0.2, 0.25) is 0 Å². The van der Waals surface area contributed by atoms with Crippen molar-refractivity contribution in [3.05, 3.63) is 29.3 Å². The van der Waals surface area contributed by atoms with Crippen molar-refractivity contribution in [2.45, 2.75) is 25.1 Å². The number of thioether (sulfide) groups is 1. The van der Waals surface area contributed by atoms with Crippen molar-refractivity contribution in [1.82, 2.24) is 10.2 Å². The first-order valence-electron chi connectivity index (χ1n) is 7.50. The Bertz CT molecular complexity index is 863. The summed E-state index contributed by atoms with van der Waals surface area (Å²) in [5, 5.41) is 11.1. The fourth-order valence-electron chi connectivity index (χ4n) is 1.80. The summed E-state index contributed by atoms with van der Waals surface area (Å²) in [6.07, 6.45) is 1.07. The van der Waals surface area contributed by atoms with Crippen LogP contribution in [0.25, 0.3) is 0 Å². The molecule has 2 aromatic rings. The minimum absolute atomic E-state index is 0.336. The van der Waals surface area contributed by atoms with Crippen LogP contribution in [0.4, 0.5) is 10.8 Å². The molecule has 0 bridgehead atoms. The van der Waals surface area contributed by atoms with E-state index >= 15 is 0 Å². The molecule has 0 radical (unpaired) electrons. The largest absolute Gasteiger partial charge is 0.296 e. The van der Waals surface area contributed by atoms with Gasteiger partial charge in [0.05, 0.1) is 11.9 Å². The lowest BCUT2D eigenvalue weighted by Crippen LogP contribution is -2.14. The van der Waals surface area contributed by atoms with E-state index in [0.29, 0.717) is 22.3 Å². The maximum atomic E-state index is 12.4. The van der Waals surface area contributed by atoms with Crippen LogP contribution in [0.5, 0.6) is 0 Å². The Morgan fingerprint density at radius 2 is 2.04 bits per heavy atom. The number of benzene rings is 1. The normalized spacial score (nSPS) is 11.6. The fraction of sp³-hybridized carbons (Fsp3) is 0.400. The molecule has 2 rings (SSSR count). The molecule has 136 valence electrons. The second kappa shape index (κ2) is 8.15. The standard InChI is InChI=1S/C15H20N4O3S3/c1-9(2)8-23-15-18-17-14(24-15)16-13(20)11-6-5-10(3)12(7-11)19-25(4,21)22/h5-7,9,19H,8H2,1-4H3,(H,16,17,20). The average Bonchev–Trinajstić information content (AvgIpc) is 2.93. The predicted octanol–water partition coefficient (Wildman–Crippen LogP) is 3.22. The van der Waals surface area contributed by atoms with Gasteiger partial charge in [-0.1, -0.05) is 43.0 Å². The van der Waals surface area contributed by atoms with Gasteiger partial charge in [0, 0.05) is 11.3 Å². The van der Waals surface area contributed by atoms with Gasteiger partial charge in [0.15, 0.2) is 4.34 Å². The Kier molecular flexibility index (Phi) is 6.42. The minimum Gasteiger partial charge on any atom is -0.296 e. The molecule has 1 heterocycles. The molecule has 2 N–H and O–H groups in total. The first kappa shape index (κ1) is 19.7. The topological polar surface area (TPSA) is 101 Å². The predicted molar refractivity (Wildman–Crippen MR) is 103 cm³/mol. The second-order valence-corrected chi connectivity index (χ2v) is 9.93. The summed E-state index contributed by atoms with van der Waals surface area (Å²) in [7, 11) is -3.42. The van der Waals surface area contributed by atoms with Gasteiger partial charge in [-0.05, 0) is 30.5 Å². The number of carbonyl (C=O) groups excluding carboxylic acids is 1. The molecule has 0 aliphatic rings. The highest BCUT2D eigenvalue weighted by Crippen LogP contribution is 2.27. The maximum absolute atomic E-state index is 12.4. The number of nitrogens with one attached hydrogen (secondary N) is 2. The quantitative estimate of drug-likeness (QED) is 0.547. The zero-order chi connectivity index (χ0) is 18.6. The van der Waals surface area contributed by atoms with Gasteiger partial charge < -0.3 is 0 Å². The molecule has 1 aromatic carbocycles. The Hall–Kier alpha value is -1.65. The van der Waals surface area contributed by atoms with Crippen LogP contribution in [0.3, 0.4) is 0 Å². The van der Waals surface area contributed by atoms with Gasteiger partial charge >= 0.3 is 0 Å². The third-order valence-corrected chi connectivity index (χ3v) is 5.95. The number of aryl methyl sites for hydroxylation is 1. The molecular weight excluding hydrogens is 380 g/mol. The number of rotatable bonds is 7. The monoisotopic (exact) mass is 400 g/mol. The summed E-state index contributed by atoms with van der Waals surface area (Å²) in [6, 6.07) is 4.82. The van der Waals surface area contributed by atoms with E-state index in [-0.39, 0.29) is 5.91 Å².